The molecule has 5 rings (SSSR count). The van der Waals surface area contributed by atoms with E-state index in [1.165, 1.54) is 12.1 Å². The fraction of sp³-hybridized carbons (Fsp3) is 0.429. The van der Waals surface area contributed by atoms with E-state index in [1.54, 1.807) is 32.9 Å². The zero-order chi connectivity index (χ0) is 33.8. The van der Waals surface area contributed by atoms with Crippen molar-refractivity contribution in [2.75, 3.05) is 32.9 Å². The number of benzene rings is 3. The van der Waals surface area contributed by atoms with E-state index in [4.69, 9.17) is 35.3 Å². The maximum atomic E-state index is 16.3. The first-order valence-corrected chi connectivity index (χ1v) is 15.9. The molecule has 12 heteroatoms. The highest BCUT2D eigenvalue weighted by Crippen LogP contribution is 2.50. The van der Waals surface area contributed by atoms with Gasteiger partial charge >= 0.3 is 11.9 Å². The Morgan fingerprint density at radius 3 is 2.53 bits per heavy atom. The number of fused-ring (bicyclic) bond motifs is 1. The largest absolute Gasteiger partial charge is 0.488 e. The van der Waals surface area contributed by atoms with Crippen LogP contribution in [0.4, 0.5) is 8.78 Å². The van der Waals surface area contributed by atoms with Crippen LogP contribution in [-0.4, -0.2) is 61.8 Å². The minimum absolute atomic E-state index is 0.0405. The van der Waals surface area contributed by atoms with Gasteiger partial charge in [0.15, 0.2) is 23.5 Å². The Morgan fingerprint density at radius 2 is 1.85 bits per heavy atom. The standard InChI is InChI=1S/C35H38ClF2NO8/c1-34(2,3)47-27(40)19-39-20-35(21-9-5-4-6-10-21)18-23-26(46-35)17-24(37)31(36)29(23)30-22(33(41)42)12-13-25(32(30)38)43-15-16-45-28-11-7-8-14-44-28/h4-6,9-10,12-13,17,28,39H,7-8,11,14-16,18-20H2,1-3H3,(H,41,42)/t28-,35+/m0/s1. The molecular weight excluding hydrogens is 636 g/mol. The van der Waals surface area contributed by atoms with Gasteiger partial charge in [-0.1, -0.05) is 41.9 Å². The number of halogens is 3. The minimum atomic E-state index is -1.44. The van der Waals surface area contributed by atoms with Crippen LogP contribution >= 0.6 is 11.6 Å². The summed E-state index contributed by atoms with van der Waals surface area (Å²) < 4.78 is 60.5. The summed E-state index contributed by atoms with van der Waals surface area (Å²) >= 11 is 6.53. The van der Waals surface area contributed by atoms with Crippen molar-refractivity contribution in [1.29, 1.82) is 0 Å². The Hall–Kier alpha value is -3.77. The molecule has 2 atom stereocenters. The average molecular weight is 674 g/mol. The van der Waals surface area contributed by atoms with Gasteiger partial charge in [0.1, 0.15) is 23.8 Å². The second kappa shape index (κ2) is 14.6. The van der Waals surface area contributed by atoms with Gasteiger partial charge in [0.05, 0.1) is 23.7 Å². The van der Waals surface area contributed by atoms with E-state index in [9.17, 15) is 14.7 Å². The van der Waals surface area contributed by atoms with Crippen molar-refractivity contribution in [3.63, 3.8) is 0 Å². The molecule has 0 bridgehead atoms. The Balaban J connectivity index is 1.48. The van der Waals surface area contributed by atoms with Gasteiger partial charge in [0.25, 0.3) is 0 Å². The van der Waals surface area contributed by atoms with Crippen LogP contribution in [0, 0.1) is 11.6 Å². The fourth-order valence-electron chi connectivity index (χ4n) is 5.81. The number of nitrogens with one attached hydrogen (secondary N) is 1. The van der Waals surface area contributed by atoms with E-state index >= 15 is 8.78 Å². The molecule has 0 spiro atoms. The van der Waals surface area contributed by atoms with Crippen LogP contribution in [0.3, 0.4) is 0 Å². The Morgan fingerprint density at radius 1 is 1.09 bits per heavy atom. The lowest BCUT2D eigenvalue weighted by molar-refractivity contribution is -0.165. The molecule has 2 aliphatic heterocycles. The smallest absolute Gasteiger partial charge is 0.336 e. The molecule has 0 radical (unpaired) electrons. The van der Waals surface area contributed by atoms with Crippen LogP contribution in [0.2, 0.25) is 5.02 Å². The monoisotopic (exact) mass is 673 g/mol. The molecule has 0 unspecified atom stereocenters. The molecule has 0 amide bonds. The first kappa shape index (κ1) is 34.6. The third kappa shape index (κ3) is 8.03. The zero-order valence-electron chi connectivity index (χ0n) is 26.5. The van der Waals surface area contributed by atoms with Crippen molar-refractivity contribution in [2.45, 2.75) is 63.9 Å². The van der Waals surface area contributed by atoms with E-state index in [0.717, 1.165) is 25.3 Å². The third-order valence-electron chi connectivity index (χ3n) is 7.82. The molecule has 0 saturated carbocycles. The summed E-state index contributed by atoms with van der Waals surface area (Å²) in [6, 6.07) is 12.6. The Bertz CT molecular complexity index is 1610. The maximum absolute atomic E-state index is 16.3. The number of hydrogen-bond donors (Lipinski definition) is 2. The summed E-state index contributed by atoms with van der Waals surface area (Å²) in [6.07, 6.45) is 2.37. The molecule has 1 saturated heterocycles. The van der Waals surface area contributed by atoms with Crippen molar-refractivity contribution in [3.05, 3.63) is 81.9 Å². The van der Waals surface area contributed by atoms with Crippen LogP contribution in [0.25, 0.3) is 11.1 Å². The fourth-order valence-corrected chi connectivity index (χ4v) is 6.08. The number of carboxylic acid groups (broad SMARTS) is 1. The Kier molecular flexibility index (Phi) is 10.7. The number of rotatable bonds is 12. The summed E-state index contributed by atoms with van der Waals surface area (Å²) in [5.74, 6) is -4.05. The van der Waals surface area contributed by atoms with Crippen molar-refractivity contribution < 1.29 is 47.2 Å². The quantitative estimate of drug-likeness (QED) is 0.161. The third-order valence-corrected chi connectivity index (χ3v) is 8.19. The molecule has 1 fully saturated rings. The van der Waals surface area contributed by atoms with E-state index in [-0.39, 0.29) is 56.1 Å². The zero-order valence-corrected chi connectivity index (χ0v) is 27.3. The molecule has 47 heavy (non-hydrogen) atoms. The second-order valence-electron chi connectivity index (χ2n) is 12.5. The van der Waals surface area contributed by atoms with Gasteiger partial charge in [0.2, 0.25) is 0 Å². The first-order valence-electron chi connectivity index (χ1n) is 15.5. The van der Waals surface area contributed by atoms with Gasteiger partial charge in [-0.25, -0.2) is 13.6 Å². The molecule has 2 aliphatic rings. The molecule has 0 aliphatic carbocycles. The maximum Gasteiger partial charge on any atom is 0.336 e. The van der Waals surface area contributed by atoms with Crippen LogP contribution in [0.15, 0.2) is 48.5 Å². The van der Waals surface area contributed by atoms with Crippen LogP contribution < -0.4 is 14.8 Å². The van der Waals surface area contributed by atoms with Crippen LogP contribution in [-0.2, 0) is 31.0 Å². The van der Waals surface area contributed by atoms with Crippen LogP contribution in [0.5, 0.6) is 11.5 Å². The molecule has 3 aromatic rings. The summed E-state index contributed by atoms with van der Waals surface area (Å²) in [7, 11) is 0. The second-order valence-corrected chi connectivity index (χ2v) is 12.9. The number of carbonyl (C=O) groups is 2. The van der Waals surface area contributed by atoms with E-state index in [2.05, 4.69) is 5.32 Å². The molecule has 0 aromatic heterocycles. The number of carboxylic acids is 1. The van der Waals surface area contributed by atoms with E-state index < -0.39 is 50.9 Å². The number of hydrogen-bond acceptors (Lipinski definition) is 8. The summed E-state index contributed by atoms with van der Waals surface area (Å²) in [6.45, 7) is 5.90. The highest BCUT2D eigenvalue weighted by molar-refractivity contribution is 6.34. The van der Waals surface area contributed by atoms with Crippen molar-refractivity contribution >= 4 is 23.5 Å². The molecule has 252 valence electrons. The molecular formula is C35H38ClF2NO8. The molecule has 2 heterocycles. The first-order chi connectivity index (χ1) is 22.4. The SMILES string of the molecule is CC(C)(C)OC(=O)CNC[C@@]1(c2ccccc2)Cc2c(cc(F)c(Cl)c2-c2c(C(=O)O)ccc(OCCO[C@H]3CCCCO3)c2F)O1. The normalized spacial score (nSPS) is 19.1. The lowest BCUT2D eigenvalue weighted by Gasteiger charge is -2.30. The molecule has 3 aromatic carbocycles. The van der Waals surface area contributed by atoms with Gasteiger partial charge in [-0.05, 0) is 57.7 Å². The van der Waals surface area contributed by atoms with E-state index in [0.29, 0.717) is 17.7 Å². The van der Waals surface area contributed by atoms with Crippen molar-refractivity contribution in [1.82, 2.24) is 5.32 Å². The van der Waals surface area contributed by atoms with Gasteiger partial charge in [-0.3, -0.25) is 4.79 Å². The predicted octanol–water partition coefficient (Wildman–Crippen LogP) is 6.67. The number of carbonyl (C=O) groups excluding carboxylic acids is 1. The lowest BCUT2D eigenvalue weighted by Crippen LogP contribution is -2.44. The number of esters is 1. The van der Waals surface area contributed by atoms with Crippen molar-refractivity contribution in [3.8, 4) is 22.6 Å². The summed E-state index contributed by atoms with van der Waals surface area (Å²) in [5, 5.41) is 12.7. The van der Waals surface area contributed by atoms with Gasteiger partial charge in [0, 0.05) is 42.3 Å². The topological polar surface area (TPSA) is 113 Å². The Labute approximate surface area is 277 Å². The van der Waals surface area contributed by atoms with Gasteiger partial charge in [-0.2, -0.15) is 0 Å². The predicted molar refractivity (Wildman–Crippen MR) is 170 cm³/mol. The highest BCUT2D eigenvalue weighted by Gasteiger charge is 2.44. The van der Waals surface area contributed by atoms with E-state index in [1.807, 2.05) is 18.2 Å². The lowest BCUT2D eigenvalue weighted by atomic mass is 9.85. The number of ether oxygens (including phenoxy) is 5. The van der Waals surface area contributed by atoms with Crippen molar-refractivity contribution in [2.24, 2.45) is 0 Å². The molecule has 9 nitrogen and oxygen atoms in total. The van der Waals surface area contributed by atoms with Crippen LogP contribution in [0.1, 0.15) is 61.5 Å². The average Bonchev–Trinajstić information content (AvgIpc) is 3.39. The van der Waals surface area contributed by atoms with Gasteiger partial charge < -0.3 is 34.1 Å². The summed E-state index contributed by atoms with van der Waals surface area (Å²) in [4.78, 5) is 24.8. The molecule has 2 N–H and O–H groups in total. The highest BCUT2D eigenvalue weighted by atomic mass is 35.5. The summed E-state index contributed by atoms with van der Waals surface area (Å²) in [5.41, 5.74) is -1.90. The number of aromatic carboxylic acids is 1. The van der Waals surface area contributed by atoms with Gasteiger partial charge in [-0.15, -0.1) is 0 Å². The minimum Gasteiger partial charge on any atom is -0.488 e.